The molecule has 3 aromatic rings. The molecule has 2 aromatic carbocycles. The van der Waals surface area contributed by atoms with Crippen LogP contribution in [0, 0.1) is 9.49 Å². The summed E-state index contributed by atoms with van der Waals surface area (Å²) >= 11 is 2.25. The number of aromatic nitrogens is 2. The molecule has 8 heteroatoms. The summed E-state index contributed by atoms with van der Waals surface area (Å²) in [4.78, 5) is 20.5. The van der Waals surface area contributed by atoms with Crippen LogP contribution in [0.3, 0.4) is 0 Å². The summed E-state index contributed by atoms with van der Waals surface area (Å²) < 4.78 is 6.38. The Balaban J connectivity index is 1.70. The molecule has 1 aromatic heterocycles. The number of carbonyl (C=O) groups is 1. The van der Waals surface area contributed by atoms with Crippen molar-refractivity contribution >= 4 is 57.3 Å². The first-order valence-corrected chi connectivity index (χ1v) is 10.2. The minimum Gasteiger partial charge on any atom is -0.462 e. The van der Waals surface area contributed by atoms with Gasteiger partial charge in [-0.15, -0.1) is 0 Å². The first kappa shape index (κ1) is 20.8. The molecule has 0 radical (unpaired) electrons. The highest BCUT2D eigenvalue weighted by atomic mass is 127. The Hall–Kier alpha value is -2.88. The van der Waals surface area contributed by atoms with Gasteiger partial charge >= 0.3 is 5.97 Å². The molecule has 4 N–H and O–H groups in total. The fourth-order valence-corrected chi connectivity index (χ4v) is 2.78. The molecule has 29 heavy (non-hydrogen) atoms. The molecule has 0 amide bonds. The van der Waals surface area contributed by atoms with Crippen molar-refractivity contribution in [2.45, 2.75) is 13.8 Å². The average Bonchev–Trinajstić information content (AvgIpc) is 2.71. The monoisotopic (exact) mass is 503 g/mol. The van der Waals surface area contributed by atoms with Crippen LogP contribution in [0.1, 0.15) is 24.2 Å². The van der Waals surface area contributed by atoms with Gasteiger partial charge in [-0.25, -0.2) is 14.8 Å². The summed E-state index contributed by atoms with van der Waals surface area (Å²) in [7, 11) is 0. The van der Waals surface area contributed by atoms with E-state index in [0.717, 1.165) is 14.9 Å². The zero-order chi connectivity index (χ0) is 20.8. The number of halogens is 1. The van der Waals surface area contributed by atoms with Gasteiger partial charge in [-0.2, -0.15) is 0 Å². The topological polar surface area (TPSA) is 102 Å². The van der Waals surface area contributed by atoms with E-state index in [1.54, 1.807) is 24.3 Å². The van der Waals surface area contributed by atoms with Crippen molar-refractivity contribution in [3.05, 3.63) is 64.0 Å². The number of anilines is 5. The standard InChI is InChI=1S/C21H22IN5O2/c1-13(2)11-29-21(28)14-3-7-16(8-4-14)26-19-18(23)20(25-12-24-19)27-17-9-5-15(22)6-10-17/h3-10,12-13H,11,23H2,1-2H3,(H2,24,25,26,27). The van der Waals surface area contributed by atoms with Crippen LogP contribution in [-0.4, -0.2) is 22.5 Å². The van der Waals surface area contributed by atoms with Crippen molar-refractivity contribution in [3.8, 4) is 0 Å². The van der Waals surface area contributed by atoms with E-state index in [0.29, 0.717) is 35.4 Å². The second-order valence-electron chi connectivity index (χ2n) is 6.81. The lowest BCUT2D eigenvalue weighted by atomic mass is 10.2. The Morgan fingerprint density at radius 3 is 2.03 bits per heavy atom. The number of hydrogen-bond acceptors (Lipinski definition) is 7. The molecule has 0 bridgehead atoms. The summed E-state index contributed by atoms with van der Waals surface area (Å²) in [6.07, 6.45) is 1.44. The van der Waals surface area contributed by atoms with Gasteiger partial charge in [-0.05, 0) is 77.0 Å². The van der Waals surface area contributed by atoms with Gasteiger partial charge in [0.2, 0.25) is 0 Å². The lowest BCUT2D eigenvalue weighted by Gasteiger charge is -2.13. The van der Waals surface area contributed by atoms with Gasteiger partial charge < -0.3 is 21.1 Å². The predicted molar refractivity (Wildman–Crippen MR) is 124 cm³/mol. The second-order valence-corrected chi connectivity index (χ2v) is 8.06. The van der Waals surface area contributed by atoms with Crippen LogP contribution in [0.2, 0.25) is 0 Å². The van der Waals surface area contributed by atoms with Crippen LogP contribution in [0.5, 0.6) is 0 Å². The zero-order valence-electron chi connectivity index (χ0n) is 16.1. The number of hydrogen-bond donors (Lipinski definition) is 3. The first-order chi connectivity index (χ1) is 13.9. The second kappa shape index (κ2) is 9.55. The van der Waals surface area contributed by atoms with Crippen molar-refractivity contribution in [3.63, 3.8) is 0 Å². The largest absolute Gasteiger partial charge is 0.462 e. The number of nitrogens with zero attached hydrogens (tertiary/aromatic N) is 2. The highest BCUT2D eigenvalue weighted by Crippen LogP contribution is 2.28. The third-order valence-electron chi connectivity index (χ3n) is 3.92. The maximum atomic E-state index is 12.0. The summed E-state index contributed by atoms with van der Waals surface area (Å²) in [6.45, 7) is 4.38. The molecule has 0 atom stereocenters. The molecule has 0 fully saturated rings. The van der Waals surface area contributed by atoms with Crippen LogP contribution >= 0.6 is 22.6 Å². The van der Waals surface area contributed by atoms with Gasteiger partial charge in [-0.3, -0.25) is 0 Å². The Morgan fingerprint density at radius 2 is 1.52 bits per heavy atom. The smallest absolute Gasteiger partial charge is 0.338 e. The van der Waals surface area contributed by atoms with Gasteiger partial charge in [0.1, 0.15) is 12.0 Å². The predicted octanol–water partition coefficient (Wildman–Crippen LogP) is 4.96. The minimum atomic E-state index is -0.337. The van der Waals surface area contributed by atoms with Crippen LogP contribution in [0.25, 0.3) is 0 Å². The highest BCUT2D eigenvalue weighted by molar-refractivity contribution is 14.1. The number of nitrogens with two attached hydrogens (primary N) is 1. The van der Waals surface area contributed by atoms with Crippen LogP contribution in [-0.2, 0) is 4.74 Å². The summed E-state index contributed by atoms with van der Waals surface area (Å²) in [6, 6.07) is 14.8. The molecule has 0 spiro atoms. The van der Waals surface area contributed by atoms with E-state index in [1.165, 1.54) is 6.33 Å². The Bertz CT molecular complexity index is 975. The number of nitrogens with one attached hydrogen (secondary N) is 2. The molecule has 3 rings (SSSR count). The van der Waals surface area contributed by atoms with Crippen LogP contribution in [0.4, 0.5) is 28.7 Å². The number of benzene rings is 2. The number of rotatable bonds is 7. The Morgan fingerprint density at radius 1 is 1.00 bits per heavy atom. The number of esters is 1. The lowest BCUT2D eigenvalue weighted by Crippen LogP contribution is -2.10. The Labute approximate surface area is 183 Å². The third-order valence-corrected chi connectivity index (χ3v) is 4.64. The summed E-state index contributed by atoms with van der Waals surface area (Å²) in [5, 5.41) is 6.35. The van der Waals surface area contributed by atoms with E-state index in [1.807, 2.05) is 38.1 Å². The minimum absolute atomic E-state index is 0.294. The van der Waals surface area contributed by atoms with Crippen molar-refractivity contribution in [1.82, 2.24) is 9.97 Å². The number of ether oxygens (including phenoxy) is 1. The zero-order valence-corrected chi connectivity index (χ0v) is 18.3. The fraction of sp³-hybridized carbons (Fsp3) is 0.190. The maximum Gasteiger partial charge on any atom is 0.338 e. The van der Waals surface area contributed by atoms with Crippen molar-refractivity contribution < 1.29 is 9.53 Å². The normalized spacial score (nSPS) is 10.6. The molecule has 1 heterocycles. The van der Waals surface area contributed by atoms with Gasteiger partial charge in [0, 0.05) is 14.9 Å². The molecule has 0 saturated carbocycles. The first-order valence-electron chi connectivity index (χ1n) is 9.09. The quantitative estimate of drug-likeness (QED) is 0.309. The molecular formula is C21H22IN5O2. The van der Waals surface area contributed by atoms with Crippen molar-refractivity contribution in [1.29, 1.82) is 0 Å². The molecule has 7 nitrogen and oxygen atoms in total. The molecule has 0 unspecified atom stereocenters. The van der Waals surface area contributed by atoms with E-state index >= 15 is 0 Å². The SMILES string of the molecule is CC(C)COC(=O)c1ccc(Nc2ncnc(Nc3ccc(I)cc3)c2N)cc1. The third kappa shape index (κ3) is 5.80. The van der Waals surface area contributed by atoms with Crippen LogP contribution < -0.4 is 16.4 Å². The van der Waals surface area contributed by atoms with E-state index in [2.05, 4.69) is 43.2 Å². The highest BCUT2D eigenvalue weighted by Gasteiger charge is 2.11. The van der Waals surface area contributed by atoms with E-state index in [-0.39, 0.29) is 5.97 Å². The number of carbonyl (C=O) groups excluding carboxylic acids is 1. The average molecular weight is 503 g/mol. The van der Waals surface area contributed by atoms with Gasteiger partial charge in [0.15, 0.2) is 11.6 Å². The van der Waals surface area contributed by atoms with E-state index in [4.69, 9.17) is 10.5 Å². The maximum absolute atomic E-state index is 12.0. The molecule has 0 aliphatic carbocycles. The summed E-state index contributed by atoms with van der Waals surface area (Å²) in [5.74, 6) is 0.944. The summed E-state index contributed by atoms with van der Waals surface area (Å²) in [5.41, 5.74) is 8.74. The Kier molecular flexibility index (Phi) is 6.86. The number of nitrogen functional groups attached to an aromatic ring is 1. The molecule has 0 aliphatic rings. The van der Waals surface area contributed by atoms with Gasteiger partial charge in [0.25, 0.3) is 0 Å². The van der Waals surface area contributed by atoms with Gasteiger partial charge in [0.05, 0.1) is 12.2 Å². The lowest BCUT2D eigenvalue weighted by molar-refractivity contribution is 0.0459. The van der Waals surface area contributed by atoms with Crippen molar-refractivity contribution in [2.24, 2.45) is 5.92 Å². The van der Waals surface area contributed by atoms with Crippen molar-refractivity contribution in [2.75, 3.05) is 23.0 Å². The van der Waals surface area contributed by atoms with Crippen LogP contribution in [0.15, 0.2) is 54.9 Å². The molecule has 150 valence electrons. The van der Waals surface area contributed by atoms with E-state index in [9.17, 15) is 4.79 Å². The van der Waals surface area contributed by atoms with Gasteiger partial charge in [-0.1, -0.05) is 13.8 Å². The molecular weight excluding hydrogens is 481 g/mol. The molecule has 0 aliphatic heterocycles. The van der Waals surface area contributed by atoms with E-state index < -0.39 is 0 Å². The molecule has 0 saturated heterocycles. The fourth-order valence-electron chi connectivity index (χ4n) is 2.42.